The minimum atomic E-state index is 0.158. The van der Waals surface area contributed by atoms with Crippen molar-refractivity contribution in [3.63, 3.8) is 0 Å². The lowest BCUT2D eigenvalue weighted by molar-refractivity contribution is 0.303. The second-order valence-corrected chi connectivity index (χ2v) is 4.67. The van der Waals surface area contributed by atoms with E-state index in [0.29, 0.717) is 5.75 Å². The highest BCUT2D eigenvalue weighted by Gasteiger charge is 2.33. The maximum atomic E-state index is 5.39. The lowest BCUT2D eigenvalue weighted by atomic mass is 9.78. The Labute approximate surface area is 102 Å². The second kappa shape index (κ2) is 4.77. The van der Waals surface area contributed by atoms with Crippen molar-refractivity contribution in [1.29, 1.82) is 0 Å². The van der Waals surface area contributed by atoms with Crippen molar-refractivity contribution in [3.05, 3.63) is 6.33 Å². The molecule has 5 nitrogen and oxygen atoms in total. The smallest absolute Gasteiger partial charge is 0.204 e. The zero-order chi connectivity index (χ0) is 12.3. The molecule has 1 aromatic rings. The molecule has 0 radical (unpaired) electrons. The van der Waals surface area contributed by atoms with Crippen molar-refractivity contribution in [2.45, 2.75) is 38.6 Å². The molecule has 1 fully saturated rings. The van der Waals surface area contributed by atoms with Gasteiger partial charge in [-0.1, -0.05) is 0 Å². The molecule has 5 heteroatoms. The maximum Gasteiger partial charge on any atom is 0.204 e. The van der Waals surface area contributed by atoms with Crippen LogP contribution in [-0.4, -0.2) is 29.2 Å². The molecule has 1 aromatic heterocycles. The Kier molecular flexibility index (Phi) is 3.36. The lowest BCUT2D eigenvalue weighted by Gasteiger charge is -2.39. The molecule has 0 unspecified atom stereocenters. The van der Waals surface area contributed by atoms with Gasteiger partial charge in [0.1, 0.15) is 6.33 Å². The standard InChI is InChI=1S/C12H20N4O/c1-4-13-10-9(17-3)11(15-8-14-10)16-12(2)6-5-7-12/h8H,4-7H2,1-3H3,(H2,13,14,15,16). The molecule has 0 amide bonds. The van der Waals surface area contributed by atoms with E-state index in [-0.39, 0.29) is 5.54 Å². The number of ether oxygens (including phenoxy) is 1. The van der Waals surface area contributed by atoms with Gasteiger partial charge in [0.15, 0.2) is 11.6 Å². The molecule has 0 bridgehead atoms. The van der Waals surface area contributed by atoms with E-state index in [4.69, 9.17) is 4.74 Å². The van der Waals surface area contributed by atoms with Crippen LogP contribution in [0.5, 0.6) is 5.75 Å². The van der Waals surface area contributed by atoms with E-state index in [1.165, 1.54) is 19.3 Å². The summed E-state index contributed by atoms with van der Waals surface area (Å²) in [5.74, 6) is 2.22. The Morgan fingerprint density at radius 2 is 2.06 bits per heavy atom. The fourth-order valence-corrected chi connectivity index (χ4v) is 2.07. The van der Waals surface area contributed by atoms with Gasteiger partial charge in [0.25, 0.3) is 0 Å². The van der Waals surface area contributed by atoms with Crippen LogP contribution < -0.4 is 15.4 Å². The Morgan fingerprint density at radius 3 is 2.59 bits per heavy atom. The number of methoxy groups -OCH3 is 1. The number of nitrogens with one attached hydrogen (secondary N) is 2. The summed E-state index contributed by atoms with van der Waals surface area (Å²) >= 11 is 0. The van der Waals surface area contributed by atoms with Crippen LogP contribution in [-0.2, 0) is 0 Å². The van der Waals surface area contributed by atoms with Crippen molar-refractivity contribution in [2.24, 2.45) is 0 Å². The molecule has 2 rings (SSSR count). The Morgan fingerprint density at radius 1 is 1.35 bits per heavy atom. The van der Waals surface area contributed by atoms with Crippen molar-refractivity contribution in [3.8, 4) is 5.75 Å². The molecule has 1 saturated carbocycles. The molecule has 0 aliphatic heterocycles. The number of rotatable bonds is 5. The van der Waals surface area contributed by atoms with Gasteiger partial charge in [0.2, 0.25) is 5.75 Å². The maximum absolute atomic E-state index is 5.39. The van der Waals surface area contributed by atoms with Gasteiger partial charge < -0.3 is 15.4 Å². The summed E-state index contributed by atoms with van der Waals surface area (Å²) in [6.45, 7) is 5.05. The van der Waals surface area contributed by atoms with Crippen LogP contribution >= 0.6 is 0 Å². The van der Waals surface area contributed by atoms with Crippen LogP contribution in [0, 0.1) is 0 Å². The van der Waals surface area contributed by atoms with Crippen molar-refractivity contribution in [2.75, 3.05) is 24.3 Å². The van der Waals surface area contributed by atoms with E-state index in [9.17, 15) is 0 Å². The number of anilines is 2. The highest BCUT2D eigenvalue weighted by Crippen LogP contribution is 2.38. The van der Waals surface area contributed by atoms with E-state index in [1.54, 1.807) is 13.4 Å². The van der Waals surface area contributed by atoms with Crippen LogP contribution in [0.2, 0.25) is 0 Å². The molecule has 1 aliphatic carbocycles. The first kappa shape index (κ1) is 12.0. The summed E-state index contributed by atoms with van der Waals surface area (Å²) in [6, 6.07) is 0. The zero-order valence-electron chi connectivity index (χ0n) is 10.7. The summed E-state index contributed by atoms with van der Waals surface area (Å²) in [5.41, 5.74) is 0.158. The predicted octanol–water partition coefficient (Wildman–Crippen LogP) is 2.27. The van der Waals surface area contributed by atoms with Gasteiger partial charge in [-0.3, -0.25) is 0 Å². The van der Waals surface area contributed by atoms with Crippen LogP contribution in [0.1, 0.15) is 33.1 Å². The van der Waals surface area contributed by atoms with Crippen LogP contribution in [0.3, 0.4) is 0 Å². The molecule has 0 atom stereocenters. The highest BCUT2D eigenvalue weighted by atomic mass is 16.5. The molecule has 0 saturated heterocycles. The molecule has 2 N–H and O–H groups in total. The largest absolute Gasteiger partial charge is 0.490 e. The zero-order valence-corrected chi connectivity index (χ0v) is 10.7. The van der Waals surface area contributed by atoms with Gasteiger partial charge in [-0.15, -0.1) is 0 Å². The summed E-state index contributed by atoms with van der Waals surface area (Å²) < 4.78 is 5.39. The lowest BCUT2D eigenvalue weighted by Crippen LogP contribution is -2.42. The molecular formula is C12H20N4O. The Hall–Kier alpha value is -1.52. The molecule has 0 aromatic carbocycles. The quantitative estimate of drug-likeness (QED) is 0.821. The van der Waals surface area contributed by atoms with Gasteiger partial charge >= 0.3 is 0 Å². The minimum absolute atomic E-state index is 0.158. The van der Waals surface area contributed by atoms with E-state index >= 15 is 0 Å². The van der Waals surface area contributed by atoms with Crippen LogP contribution in [0.15, 0.2) is 6.33 Å². The minimum Gasteiger partial charge on any atom is -0.490 e. The first-order valence-corrected chi connectivity index (χ1v) is 6.09. The number of aromatic nitrogens is 2. The SMILES string of the molecule is CCNc1ncnc(NC2(C)CCC2)c1OC. The van der Waals surface area contributed by atoms with Crippen molar-refractivity contribution in [1.82, 2.24) is 9.97 Å². The van der Waals surface area contributed by atoms with Gasteiger partial charge in [-0.25, -0.2) is 9.97 Å². The summed E-state index contributed by atoms with van der Waals surface area (Å²) in [6.07, 6.45) is 5.19. The molecule has 1 aliphatic rings. The monoisotopic (exact) mass is 236 g/mol. The molecule has 17 heavy (non-hydrogen) atoms. The van der Waals surface area contributed by atoms with E-state index in [0.717, 1.165) is 18.2 Å². The van der Waals surface area contributed by atoms with Crippen LogP contribution in [0.4, 0.5) is 11.6 Å². The van der Waals surface area contributed by atoms with Gasteiger partial charge in [0.05, 0.1) is 7.11 Å². The number of hydrogen-bond donors (Lipinski definition) is 2. The summed E-state index contributed by atoms with van der Waals surface area (Å²) in [5, 5.41) is 6.63. The molecule has 1 heterocycles. The fourth-order valence-electron chi connectivity index (χ4n) is 2.07. The third kappa shape index (κ3) is 2.43. The van der Waals surface area contributed by atoms with Crippen molar-refractivity contribution >= 4 is 11.6 Å². The topological polar surface area (TPSA) is 59.1 Å². The molecular weight excluding hydrogens is 216 g/mol. The van der Waals surface area contributed by atoms with Gasteiger partial charge in [-0.2, -0.15) is 0 Å². The molecule has 0 spiro atoms. The van der Waals surface area contributed by atoms with E-state index in [2.05, 4.69) is 27.5 Å². The summed E-state index contributed by atoms with van der Waals surface area (Å²) in [4.78, 5) is 8.46. The van der Waals surface area contributed by atoms with E-state index < -0.39 is 0 Å². The third-order valence-corrected chi connectivity index (χ3v) is 3.23. The number of hydrogen-bond acceptors (Lipinski definition) is 5. The Balaban J connectivity index is 2.23. The van der Waals surface area contributed by atoms with Crippen LogP contribution in [0.25, 0.3) is 0 Å². The average molecular weight is 236 g/mol. The first-order valence-electron chi connectivity index (χ1n) is 6.09. The van der Waals surface area contributed by atoms with E-state index in [1.807, 2.05) is 6.92 Å². The second-order valence-electron chi connectivity index (χ2n) is 4.67. The third-order valence-electron chi connectivity index (χ3n) is 3.23. The Bertz CT molecular complexity index is 390. The summed E-state index contributed by atoms with van der Waals surface area (Å²) in [7, 11) is 1.65. The van der Waals surface area contributed by atoms with Gasteiger partial charge in [0, 0.05) is 12.1 Å². The fraction of sp³-hybridized carbons (Fsp3) is 0.667. The number of nitrogens with zero attached hydrogens (tertiary/aromatic N) is 2. The average Bonchev–Trinajstić information content (AvgIpc) is 2.28. The first-order chi connectivity index (χ1) is 8.18. The normalized spacial score (nSPS) is 17.1. The van der Waals surface area contributed by atoms with Crippen molar-refractivity contribution < 1.29 is 4.74 Å². The highest BCUT2D eigenvalue weighted by molar-refractivity contribution is 5.64. The molecule has 94 valence electrons. The predicted molar refractivity (Wildman–Crippen MR) is 68.6 cm³/mol. The van der Waals surface area contributed by atoms with Gasteiger partial charge in [-0.05, 0) is 33.1 Å².